The molecule has 0 bridgehead atoms. The highest BCUT2D eigenvalue weighted by atomic mass is 32.2. The van der Waals surface area contributed by atoms with E-state index in [9.17, 15) is 18.0 Å². The monoisotopic (exact) mass is 529 g/mol. The number of hydrogen-bond donors (Lipinski definition) is 1. The fourth-order valence-corrected chi connectivity index (χ4v) is 4.94. The minimum absolute atomic E-state index is 0.00281. The summed E-state index contributed by atoms with van der Waals surface area (Å²) in [5, 5.41) is 15.4. The second-order valence-electron chi connectivity index (χ2n) is 8.35. The van der Waals surface area contributed by atoms with Crippen LogP contribution in [0.15, 0.2) is 70.3 Å². The lowest BCUT2D eigenvalue weighted by molar-refractivity contribution is -0.137. The fraction of sp³-hybridized carbons (Fsp3) is 0.280. The number of aromatic nitrogens is 4. The average molecular weight is 530 g/mol. The highest BCUT2D eigenvalue weighted by Gasteiger charge is 2.31. The first-order valence-electron chi connectivity index (χ1n) is 11.5. The zero-order chi connectivity index (χ0) is 25.8. The van der Waals surface area contributed by atoms with Gasteiger partial charge in [0.15, 0.2) is 11.0 Å². The number of thioether (sulfide) groups is 1. The minimum Gasteiger partial charge on any atom is -0.377 e. The quantitative estimate of drug-likeness (QED) is 0.316. The molecule has 12 heteroatoms. The molecule has 1 atom stereocenters. The van der Waals surface area contributed by atoms with Gasteiger partial charge in [-0.15, -0.1) is 10.2 Å². The SMILES string of the molecule is O=C(NCc1nnc(SCC2CCCO2)n1-c1cccc(C(F)(F)F)c1)c1cc(-c2ccccc2)no1. The van der Waals surface area contributed by atoms with Crippen LogP contribution in [0.3, 0.4) is 0 Å². The summed E-state index contributed by atoms with van der Waals surface area (Å²) in [6.07, 6.45) is -2.58. The second-order valence-corrected chi connectivity index (χ2v) is 9.34. The number of hydrogen-bond acceptors (Lipinski definition) is 7. The van der Waals surface area contributed by atoms with Crippen LogP contribution in [0.1, 0.15) is 34.8 Å². The Kier molecular flexibility index (Phi) is 7.28. The topological polar surface area (TPSA) is 95.1 Å². The Balaban J connectivity index is 1.37. The highest BCUT2D eigenvalue weighted by molar-refractivity contribution is 7.99. The Bertz CT molecular complexity index is 1370. The summed E-state index contributed by atoms with van der Waals surface area (Å²) in [4.78, 5) is 12.7. The van der Waals surface area contributed by atoms with E-state index in [1.165, 1.54) is 28.5 Å². The molecular weight excluding hydrogens is 507 g/mol. The molecule has 2 aromatic heterocycles. The standard InChI is InChI=1S/C25H22F3N5O3S/c26-25(27,28)17-8-4-9-18(12-17)33-22(30-31-24(33)37-15-19-10-5-11-35-19)14-29-23(34)21-13-20(32-36-21)16-6-2-1-3-7-16/h1-4,6-9,12-13,19H,5,10-11,14-15H2,(H,29,34). The van der Waals surface area contributed by atoms with Gasteiger partial charge < -0.3 is 14.6 Å². The number of carbonyl (C=O) groups is 1. The number of nitrogens with one attached hydrogen (secondary N) is 1. The molecule has 4 aromatic rings. The maximum atomic E-state index is 13.4. The van der Waals surface area contributed by atoms with Gasteiger partial charge in [-0.1, -0.05) is 53.3 Å². The summed E-state index contributed by atoms with van der Waals surface area (Å²) in [5.74, 6) is 0.313. The molecule has 192 valence electrons. The van der Waals surface area contributed by atoms with Crippen LogP contribution in [0.5, 0.6) is 0 Å². The largest absolute Gasteiger partial charge is 0.416 e. The predicted octanol–water partition coefficient (Wildman–Crippen LogP) is 5.14. The van der Waals surface area contributed by atoms with E-state index >= 15 is 0 Å². The average Bonchev–Trinajstić information content (AvgIpc) is 3.67. The lowest BCUT2D eigenvalue weighted by atomic mass is 10.1. The second kappa shape index (κ2) is 10.8. The molecule has 37 heavy (non-hydrogen) atoms. The third-order valence-electron chi connectivity index (χ3n) is 5.76. The van der Waals surface area contributed by atoms with Crippen LogP contribution in [0.25, 0.3) is 16.9 Å². The Labute approximate surface area is 214 Å². The number of ether oxygens (including phenoxy) is 1. The summed E-state index contributed by atoms with van der Waals surface area (Å²) in [6, 6.07) is 15.7. The first kappa shape index (κ1) is 25.0. The molecule has 2 aromatic carbocycles. The van der Waals surface area contributed by atoms with Gasteiger partial charge in [-0.25, -0.2) is 0 Å². The number of rotatable bonds is 8. The number of nitrogens with zero attached hydrogens (tertiary/aromatic N) is 4. The number of alkyl halides is 3. The van der Waals surface area contributed by atoms with Crippen LogP contribution in [-0.2, 0) is 17.5 Å². The molecule has 1 aliphatic heterocycles. The van der Waals surface area contributed by atoms with Crippen molar-refractivity contribution in [1.82, 2.24) is 25.2 Å². The van der Waals surface area contributed by atoms with Crippen LogP contribution in [0, 0.1) is 0 Å². The van der Waals surface area contributed by atoms with Gasteiger partial charge in [-0.2, -0.15) is 13.2 Å². The van der Waals surface area contributed by atoms with Crippen molar-refractivity contribution in [2.45, 2.75) is 36.8 Å². The van der Waals surface area contributed by atoms with Crippen molar-refractivity contribution in [3.8, 4) is 16.9 Å². The minimum atomic E-state index is -4.51. The van der Waals surface area contributed by atoms with Gasteiger partial charge in [-0.05, 0) is 31.0 Å². The van der Waals surface area contributed by atoms with Crippen molar-refractivity contribution in [3.63, 3.8) is 0 Å². The maximum Gasteiger partial charge on any atom is 0.416 e. The number of carbonyl (C=O) groups excluding carboxylic acids is 1. The lowest BCUT2D eigenvalue weighted by Crippen LogP contribution is -2.24. The molecule has 5 rings (SSSR count). The smallest absolute Gasteiger partial charge is 0.377 e. The molecule has 1 N–H and O–H groups in total. The Morgan fingerprint density at radius 1 is 1.11 bits per heavy atom. The van der Waals surface area contributed by atoms with E-state index in [2.05, 4.69) is 20.7 Å². The van der Waals surface area contributed by atoms with Crippen LogP contribution in [-0.4, -0.2) is 44.3 Å². The number of halogens is 3. The van der Waals surface area contributed by atoms with Crippen molar-refractivity contribution in [2.24, 2.45) is 0 Å². The van der Waals surface area contributed by atoms with Crippen LogP contribution in [0.2, 0.25) is 0 Å². The van der Waals surface area contributed by atoms with Gasteiger partial charge in [-0.3, -0.25) is 9.36 Å². The van der Waals surface area contributed by atoms with Gasteiger partial charge >= 0.3 is 6.18 Å². The molecule has 3 heterocycles. The summed E-state index contributed by atoms with van der Waals surface area (Å²) in [6.45, 7) is 0.598. The molecule has 0 saturated carbocycles. The summed E-state index contributed by atoms with van der Waals surface area (Å²) < 4.78 is 52.5. The number of benzene rings is 2. The zero-order valence-corrected chi connectivity index (χ0v) is 20.3. The van der Waals surface area contributed by atoms with Crippen LogP contribution < -0.4 is 5.32 Å². The van der Waals surface area contributed by atoms with Gasteiger partial charge in [0.05, 0.1) is 23.9 Å². The molecule has 0 spiro atoms. The molecule has 1 saturated heterocycles. The van der Waals surface area contributed by atoms with Gasteiger partial charge in [0, 0.05) is 24.0 Å². The zero-order valence-electron chi connectivity index (χ0n) is 19.4. The third kappa shape index (κ3) is 5.86. The molecule has 1 fully saturated rings. The lowest BCUT2D eigenvalue weighted by Gasteiger charge is -2.14. The molecule has 0 aliphatic carbocycles. The Hall–Kier alpha value is -3.64. The van der Waals surface area contributed by atoms with Crippen LogP contribution in [0.4, 0.5) is 13.2 Å². The number of amides is 1. The summed E-state index contributed by atoms with van der Waals surface area (Å²) >= 11 is 1.35. The highest BCUT2D eigenvalue weighted by Crippen LogP contribution is 2.32. The van der Waals surface area contributed by atoms with Crippen molar-refractivity contribution in [2.75, 3.05) is 12.4 Å². The molecule has 8 nitrogen and oxygen atoms in total. The van der Waals surface area contributed by atoms with Crippen molar-refractivity contribution < 1.29 is 27.2 Å². The summed E-state index contributed by atoms with van der Waals surface area (Å²) in [5.41, 5.74) is 0.747. The van der Waals surface area contributed by atoms with E-state index in [-0.39, 0.29) is 29.9 Å². The molecule has 1 aliphatic rings. The molecule has 1 amide bonds. The Morgan fingerprint density at radius 2 is 1.95 bits per heavy atom. The Morgan fingerprint density at radius 3 is 2.70 bits per heavy atom. The van der Waals surface area contributed by atoms with Crippen molar-refractivity contribution >= 4 is 17.7 Å². The fourth-order valence-electron chi connectivity index (χ4n) is 3.91. The first-order valence-corrected chi connectivity index (χ1v) is 12.5. The first-order chi connectivity index (χ1) is 17.9. The van der Waals surface area contributed by atoms with Crippen molar-refractivity contribution in [1.29, 1.82) is 0 Å². The maximum absolute atomic E-state index is 13.4. The van der Waals surface area contributed by atoms with Gasteiger partial charge in [0.1, 0.15) is 5.69 Å². The van der Waals surface area contributed by atoms with E-state index in [0.29, 0.717) is 23.2 Å². The van der Waals surface area contributed by atoms with Gasteiger partial charge in [0.2, 0.25) is 5.76 Å². The molecular formula is C25H22F3N5O3S. The van der Waals surface area contributed by atoms with Crippen LogP contribution >= 0.6 is 11.8 Å². The normalized spacial score (nSPS) is 15.7. The predicted molar refractivity (Wildman–Crippen MR) is 129 cm³/mol. The molecule has 1 unspecified atom stereocenters. The third-order valence-corrected chi connectivity index (χ3v) is 6.83. The van der Waals surface area contributed by atoms with E-state index in [0.717, 1.165) is 30.5 Å². The van der Waals surface area contributed by atoms with Crippen molar-refractivity contribution in [3.05, 3.63) is 77.8 Å². The molecule has 0 radical (unpaired) electrons. The summed E-state index contributed by atoms with van der Waals surface area (Å²) in [7, 11) is 0. The van der Waals surface area contributed by atoms with Gasteiger partial charge in [0.25, 0.3) is 5.91 Å². The van der Waals surface area contributed by atoms with E-state index in [1.807, 2.05) is 30.3 Å². The van der Waals surface area contributed by atoms with E-state index in [4.69, 9.17) is 9.26 Å². The van der Waals surface area contributed by atoms with E-state index < -0.39 is 17.6 Å². The van der Waals surface area contributed by atoms with E-state index in [1.54, 1.807) is 6.07 Å².